The van der Waals surface area contributed by atoms with E-state index >= 15 is 0 Å². The third-order valence-electron chi connectivity index (χ3n) is 5.40. The number of carbonyl (C=O) groups is 1. The van der Waals surface area contributed by atoms with E-state index in [2.05, 4.69) is 34.6 Å². The lowest BCUT2D eigenvalue weighted by molar-refractivity contribution is -0.128. The summed E-state index contributed by atoms with van der Waals surface area (Å²) in [5.74, 6) is 0.179. The molecule has 1 aliphatic rings. The first kappa shape index (κ1) is 18.2. The molecule has 2 aromatic carbocycles. The summed E-state index contributed by atoms with van der Waals surface area (Å²) < 4.78 is 1.15. The molecule has 0 saturated heterocycles. The van der Waals surface area contributed by atoms with Gasteiger partial charge in [-0.05, 0) is 71.6 Å². The molecule has 0 aliphatic carbocycles. The number of hydrogen-bond donors (Lipinski definition) is 1. The molecule has 1 amide bonds. The Labute approximate surface area is 167 Å². The molecular weight excluding hydrogens is 368 g/mol. The summed E-state index contributed by atoms with van der Waals surface area (Å²) in [4.78, 5) is 18.5. The van der Waals surface area contributed by atoms with Crippen molar-refractivity contribution < 1.29 is 4.79 Å². The van der Waals surface area contributed by atoms with Gasteiger partial charge in [0.05, 0.1) is 23.6 Å². The Morgan fingerprint density at radius 2 is 2.04 bits per heavy atom. The van der Waals surface area contributed by atoms with Gasteiger partial charge in [0.2, 0.25) is 5.91 Å². The van der Waals surface area contributed by atoms with E-state index in [0.29, 0.717) is 5.56 Å². The fraction of sp³-hybridized carbons (Fsp3) is 0.227. The van der Waals surface area contributed by atoms with Crippen LogP contribution < -0.4 is 5.73 Å². The number of rotatable bonds is 2. The highest BCUT2D eigenvalue weighted by Gasteiger charge is 2.36. The summed E-state index contributed by atoms with van der Waals surface area (Å²) >= 11 is 1.67. The maximum atomic E-state index is 12.4. The van der Waals surface area contributed by atoms with Crippen molar-refractivity contribution in [3.63, 3.8) is 0 Å². The molecule has 28 heavy (non-hydrogen) atoms. The number of hydrogen-bond acceptors (Lipinski definition) is 5. The molecule has 0 fully saturated rings. The molecule has 0 bridgehead atoms. The normalized spacial score (nSPS) is 19.6. The Balaban J connectivity index is 1.97. The number of benzene rings is 2. The quantitative estimate of drug-likeness (QED) is 0.716. The summed E-state index contributed by atoms with van der Waals surface area (Å²) in [6.07, 6.45) is 0.260. The van der Waals surface area contributed by atoms with Crippen LogP contribution in [0.25, 0.3) is 21.2 Å². The van der Waals surface area contributed by atoms with Gasteiger partial charge in [-0.15, -0.1) is 11.3 Å². The van der Waals surface area contributed by atoms with Gasteiger partial charge in [0.1, 0.15) is 0 Å². The summed E-state index contributed by atoms with van der Waals surface area (Å²) in [5.41, 5.74) is 10.0. The van der Waals surface area contributed by atoms with E-state index in [4.69, 9.17) is 5.73 Å². The highest BCUT2D eigenvalue weighted by molar-refractivity contribution is 7.17. The summed E-state index contributed by atoms with van der Waals surface area (Å²) in [5, 5.41) is 12.5. The molecule has 140 valence electrons. The molecule has 5 nitrogen and oxygen atoms in total. The minimum atomic E-state index is -0.723. The van der Waals surface area contributed by atoms with Crippen LogP contribution in [0.4, 0.5) is 0 Å². The van der Waals surface area contributed by atoms with Crippen molar-refractivity contribution in [1.29, 1.82) is 5.26 Å². The molecule has 4 rings (SSSR count). The molecule has 0 saturated carbocycles. The number of fused-ring (bicyclic) bond motifs is 1. The maximum Gasteiger partial charge on any atom is 0.231 e. The van der Waals surface area contributed by atoms with Crippen LogP contribution in [0.5, 0.6) is 0 Å². The molecule has 1 aliphatic heterocycles. The number of aryl methyl sites for hydroxylation is 1. The van der Waals surface area contributed by atoms with Crippen molar-refractivity contribution in [3.05, 3.63) is 58.5 Å². The zero-order chi connectivity index (χ0) is 20.1. The molecule has 6 heteroatoms. The molecule has 1 aromatic heterocycles. The third kappa shape index (κ3) is 2.85. The van der Waals surface area contributed by atoms with E-state index in [1.165, 1.54) is 4.90 Å². The third-order valence-corrected chi connectivity index (χ3v) is 6.37. The standard InChI is InChI=1S/C22H20N4OS/c1-13-4-5-14(12-23)8-17(13)18-10-16(9-15-6-7-28-20(15)18)22(2)11-19(27)26(3)21(24)25-22/h4-10H,11H2,1-3H3,(H2,24,25)/t22-/m0/s1. The van der Waals surface area contributed by atoms with E-state index in [1.807, 2.05) is 32.0 Å². The molecule has 0 unspecified atom stereocenters. The maximum absolute atomic E-state index is 12.4. The largest absolute Gasteiger partial charge is 0.369 e. The lowest BCUT2D eigenvalue weighted by Crippen LogP contribution is -2.47. The second-order valence-corrected chi connectivity index (χ2v) is 8.29. The lowest BCUT2D eigenvalue weighted by Gasteiger charge is -2.34. The van der Waals surface area contributed by atoms with E-state index in [1.54, 1.807) is 18.4 Å². The fourth-order valence-electron chi connectivity index (χ4n) is 3.65. The number of nitrogens with zero attached hydrogens (tertiary/aromatic N) is 3. The highest BCUT2D eigenvalue weighted by atomic mass is 32.1. The lowest BCUT2D eigenvalue weighted by atomic mass is 9.84. The van der Waals surface area contributed by atoms with Crippen LogP contribution in [0.1, 0.15) is 30.0 Å². The van der Waals surface area contributed by atoms with Crippen LogP contribution in [0.3, 0.4) is 0 Å². The van der Waals surface area contributed by atoms with Gasteiger partial charge in [-0.2, -0.15) is 5.26 Å². The highest BCUT2D eigenvalue weighted by Crippen LogP contribution is 2.41. The summed E-state index contributed by atoms with van der Waals surface area (Å²) in [7, 11) is 1.64. The number of amides is 1. The first-order chi connectivity index (χ1) is 13.3. The average molecular weight is 388 g/mol. The summed E-state index contributed by atoms with van der Waals surface area (Å²) in [6, 6.07) is 14.2. The Kier molecular flexibility index (Phi) is 4.20. The molecule has 2 heterocycles. The van der Waals surface area contributed by atoms with Gasteiger partial charge in [0, 0.05) is 17.3 Å². The van der Waals surface area contributed by atoms with Crippen LogP contribution in [0, 0.1) is 18.3 Å². The van der Waals surface area contributed by atoms with E-state index < -0.39 is 5.54 Å². The fourth-order valence-corrected chi connectivity index (χ4v) is 4.56. The first-order valence-electron chi connectivity index (χ1n) is 8.97. The number of nitrogens with two attached hydrogens (primary N) is 1. The Morgan fingerprint density at radius 1 is 1.25 bits per heavy atom. The number of guanidine groups is 1. The number of thiophene rings is 1. The van der Waals surface area contributed by atoms with Gasteiger partial charge < -0.3 is 5.73 Å². The molecule has 2 N–H and O–H groups in total. The van der Waals surface area contributed by atoms with Crippen molar-refractivity contribution >= 4 is 33.3 Å². The van der Waals surface area contributed by atoms with E-state index in [9.17, 15) is 10.1 Å². The van der Waals surface area contributed by atoms with Gasteiger partial charge in [0.15, 0.2) is 5.96 Å². The van der Waals surface area contributed by atoms with Crippen molar-refractivity contribution in [2.24, 2.45) is 10.7 Å². The summed E-state index contributed by atoms with van der Waals surface area (Å²) in [6.45, 7) is 3.99. The minimum absolute atomic E-state index is 0.0513. The van der Waals surface area contributed by atoms with Gasteiger partial charge in [-0.1, -0.05) is 6.07 Å². The second-order valence-electron chi connectivity index (χ2n) is 7.38. The van der Waals surface area contributed by atoms with Crippen molar-refractivity contribution in [1.82, 2.24) is 4.90 Å². The van der Waals surface area contributed by atoms with Crippen LogP contribution in [-0.2, 0) is 10.3 Å². The predicted octanol–water partition coefficient (Wildman–Crippen LogP) is 4.14. The van der Waals surface area contributed by atoms with Gasteiger partial charge >= 0.3 is 0 Å². The Bertz CT molecular complexity index is 1190. The second kappa shape index (κ2) is 6.47. The predicted molar refractivity (Wildman–Crippen MR) is 113 cm³/mol. The van der Waals surface area contributed by atoms with Crippen LogP contribution in [-0.4, -0.2) is 23.8 Å². The van der Waals surface area contributed by atoms with Crippen molar-refractivity contribution in [3.8, 4) is 17.2 Å². The Morgan fingerprint density at radius 3 is 2.75 bits per heavy atom. The van der Waals surface area contributed by atoms with Gasteiger partial charge in [-0.3, -0.25) is 9.69 Å². The van der Waals surface area contributed by atoms with Crippen LogP contribution >= 0.6 is 11.3 Å². The molecule has 0 spiro atoms. The molecular formula is C22H20N4OS. The molecule has 3 aromatic rings. The molecule has 1 atom stereocenters. The number of nitriles is 1. The van der Waals surface area contributed by atoms with Crippen molar-refractivity contribution in [2.45, 2.75) is 25.8 Å². The first-order valence-corrected chi connectivity index (χ1v) is 9.85. The van der Waals surface area contributed by atoms with E-state index in [0.717, 1.165) is 32.3 Å². The van der Waals surface area contributed by atoms with Gasteiger partial charge in [0.25, 0.3) is 0 Å². The number of carbonyl (C=O) groups excluding carboxylic acids is 1. The SMILES string of the molecule is Cc1ccc(C#N)cc1-c1cc([C@]2(C)CC(=O)N(C)C(N)=N2)cc2ccsc12. The van der Waals surface area contributed by atoms with Crippen molar-refractivity contribution in [2.75, 3.05) is 7.05 Å². The minimum Gasteiger partial charge on any atom is -0.369 e. The average Bonchev–Trinajstić information content (AvgIpc) is 3.14. The van der Waals surface area contributed by atoms with E-state index in [-0.39, 0.29) is 18.3 Å². The zero-order valence-corrected chi connectivity index (χ0v) is 16.8. The van der Waals surface area contributed by atoms with Crippen LogP contribution in [0.15, 0.2) is 46.8 Å². The zero-order valence-electron chi connectivity index (χ0n) is 16.0. The van der Waals surface area contributed by atoms with Gasteiger partial charge in [-0.25, -0.2) is 4.99 Å². The molecule has 0 radical (unpaired) electrons. The smallest absolute Gasteiger partial charge is 0.231 e. The monoisotopic (exact) mass is 388 g/mol. The van der Waals surface area contributed by atoms with Crippen LogP contribution in [0.2, 0.25) is 0 Å². The topological polar surface area (TPSA) is 82.5 Å². The number of aliphatic imine (C=N–C) groups is 1. The Hall–Kier alpha value is -3.17.